The summed E-state index contributed by atoms with van der Waals surface area (Å²) in [6.07, 6.45) is 3.09. The lowest BCUT2D eigenvalue weighted by Gasteiger charge is -2.45. The van der Waals surface area contributed by atoms with Crippen LogP contribution >= 0.6 is 0 Å². The van der Waals surface area contributed by atoms with Gasteiger partial charge in [0, 0.05) is 32.1 Å². The van der Waals surface area contributed by atoms with E-state index in [0.29, 0.717) is 37.9 Å². The van der Waals surface area contributed by atoms with Crippen molar-refractivity contribution in [2.45, 2.75) is 71.1 Å². The van der Waals surface area contributed by atoms with Crippen LogP contribution in [-0.2, 0) is 22.6 Å². The average Bonchev–Trinajstić information content (AvgIpc) is 3.71. The molecular weight excluding hydrogens is 469 g/mol. The van der Waals surface area contributed by atoms with Crippen LogP contribution in [0.5, 0.6) is 5.75 Å². The zero-order valence-corrected chi connectivity index (χ0v) is 22.2. The first-order chi connectivity index (χ1) is 17.7. The Balaban J connectivity index is 1.39. The maximum absolute atomic E-state index is 13.5. The Morgan fingerprint density at radius 2 is 2.03 bits per heavy atom. The number of nitriles is 1. The van der Waals surface area contributed by atoms with Crippen molar-refractivity contribution >= 4 is 11.6 Å². The normalized spacial score (nSPS) is 20.9. The number of amides is 1. The van der Waals surface area contributed by atoms with Gasteiger partial charge in [-0.25, -0.2) is 4.39 Å². The molecule has 1 aliphatic carbocycles. The maximum atomic E-state index is 13.5. The molecule has 0 radical (unpaired) electrons. The number of ether oxygens (including phenoxy) is 2. The van der Waals surface area contributed by atoms with Gasteiger partial charge in [0.15, 0.2) is 6.61 Å². The van der Waals surface area contributed by atoms with Crippen molar-refractivity contribution in [2.24, 2.45) is 5.92 Å². The lowest BCUT2D eigenvalue weighted by molar-refractivity contribution is -0.137. The summed E-state index contributed by atoms with van der Waals surface area (Å²) in [5.74, 6) is 0.622. The standard InChI is InChI=1S/C30H36FN3O3/c1-19(2)28-16-33(10-11-34(28)29(35)18-36-22-7-5-6-21(31)12-22)27-13-23(20-8-9-20)26-17-37-30(3,4)14-24(26)25(27)15-32/h5-7,12-13,19-20,28H,8-11,14,16-18H2,1-4H3. The molecule has 0 spiro atoms. The van der Waals surface area contributed by atoms with E-state index in [9.17, 15) is 14.4 Å². The van der Waals surface area contributed by atoms with E-state index >= 15 is 0 Å². The van der Waals surface area contributed by atoms with Crippen LogP contribution in [0.15, 0.2) is 30.3 Å². The summed E-state index contributed by atoms with van der Waals surface area (Å²) in [6, 6.07) is 10.6. The minimum Gasteiger partial charge on any atom is -0.484 e. The lowest BCUT2D eigenvalue weighted by atomic mass is 9.83. The number of carbonyl (C=O) groups is 1. The summed E-state index contributed by atoms with van der Waals surface area (Å²) >= 11 is 0. The zero-order chi connectivity index (χ0) is 26.3. The number of rotatable bonds is 6. The van der Waals surface area contributed by atoms with Crippen LogP contribution in [0.3, 0.4) is 0 Å². The van der Waals surface area contributed by atoms with Crippen molar-refractivity contribution in [3.8, 4) is 11.8 Å². The number of anilines is 1. The van der Waals surface area contributed by atoms with Gasteiger partial charge >= 0.3 is 0 Å². The number of hydrogen-bond donors (Lipinski definition) is 0. The molecule has 2 aromatic rings. The third-order valence-corrected chi connectivity index (χ3v) is 7.91. The van der Waals surface area contributed by atoms with Crippen molar-refractivity contribution in [3.05, 3.63) is 58.4 Å². The summed E-state index contributed by atoms with van der Waals surface area (Å²) in [5, 5.41) is 10.3. The molecule has 6 nitrogen and oxygen atoms in total. The largest absolute Gasteiger partial charge is 0.484 e. The molecule has 1 unspecified atom stereocenters. The number of piperazine rings is 1. The second kappa shape index (κ2) is 9.98. The van der Waals surface area contributed by atoms with E-state index in [1.54, 1.807) is 12.1 Å². The van der Waals surface area contributed by atoms with Gasteiger partial charge < -0.3 is 19.3 Å². The van der Waals surface area contributed by atoms with Crippen molar-refractivity contribution < 1.29 is 18.7 Å². The highest BCUT2D eigenvalue weighted by molar-refractivity contribution is 5.79. The second-order valence-electron chi connectivity index (χ2n) is 11.5. The summed E-state index contributed by atoms with van der Waals surface area (Å²) < 4.78 is 25.3. The Kier molecular flexibility index (Phi) is 6.89. The summed E-state index contributed by atoms with van der Waals surface area (Å²) in [5.41, 5.74) is 5.14. The molecule has 0 aromatic heterocycles. The molecule has 1 saturated heterocycles. The Hall–Kier alpha value is -3.11. The van der Waals surface area contributed by atoms with Gasteiger partial charge in [-0.3, -0.25) is 4.79 Å². The molecule has 196 valence electrons. The molecule has 5 rings (SSSR count). The number of halogens is 1. The Labute approximate surface area is 219 Å². The number of benzene rings is 2. The molecule has 2 heterocycles. The highest BCUT2D eigenvalue weighted by Gasteiger charge is 2.38. The van der Waals surface area contributed by atoms with E-state index in [1.807, 2.05) is 4.90 Å². The van der Waals surface area contributed by atoms with Gasteiger partial charge in [-0.2, -0.15) is 5.26 Å². The van der Waals surface area contributed by atoms with Crippen LogP contribution in [0.2, 0.25) is 0 Å². The number of nitrogens with zero attached hydrogens (tertiary/aromatic N) is 3. The first-order valence-corrected chi connectivity index (χ1v) is 13.3. The molecule has 2 fully saturated rings. The fraction of sp³-hybridized carbons (Fsp3) is 0.533. The van der Waals surface area contributed by atoms with Gasteiger partial charge in [0.05, 0.1) is 29.5 Å². The molecule has 2 aliphatic heterocycles. The predicted octanol–water partition coefficient (Wildman–Crippen LogP) is 5.18. The molecule has 7 heteroatoms. The van der Waals surface area contributed by atoms with E-state index in [0.717, 1.165) is 23.2 Å². The van der Waals surface area contributed by atoms with Gasteiger partial charge in [0.25, 0.3) is 5.91 Å². The predicted molar refractivity (Wildman–Crippen MR) is 140 cm³/mol. The van der Waals surface area contributed by atoms with Crippen LogP contribution in [0, 0.1) is 23.1 Å². The highest BCUT2D eigenvalue weighted by Crippen LogP contribution is 2.47. The minimum atomic E-state index is -0.391. The van der Waals surface area contributed by atoms with E-state index in [1.165, 1.54) is 36.1 Å². The smallest absolute Gasteiger partial charge is 0.260 e. The van der Waals surface area contributed by atoms with Gasteiger partial charge in [-0.15, -0.1) is 0 Å². The molecule has 1 atom stereocenters. The van der Waals surface area contributed by atoms with E-state index in [4.69, 9.17) is 9.47 Å². The Bertz CT molecular complexity index is 1230. The molecular formula is C30H36FN3O3. The molecule has 1 amide bonds. The molecule has 3 aliphatic rings. The maximum Gasteiger partial charge on any atom is 0.260 e. The van der Waals surface area contributed by atoms with Crippen LogP contribution in [0.25, 0.3) is 0 Å². The number of hydrogen-bond acceptors (Lipinski definition) is 5. The van der Waals surface area contributed by atoms with Crippen LogP contribution < -0.4 is 9.64 Å². The average molecular weight is 506 g/mol. The van der Waals surface area contributed by atoms with Gasteiger partial charge in [-0.1, -0.05) is 19.9 Å². The SMILES string of the molecule is CC(C)C1CN(c2cc(C3CC3)c3c(c2C#N)CC(C)(C)OC3)CCN1C(=O)COc1cccc(F)c1. The zero-order valence-electron chi connectivity index (χ0n) is 22.2. The molecule has 0 N–H and O–H groups in total. The highest BCUT2D eigenvalue weighted by atomic mass is 19.1. The quantitative estimate of drug-likeness (QED) is 0.541. The summed E-state index contributed by atoms with van der Waals surface area (Å²) in [7, 11) is 0. The van der Waals surface area contributed by atoms with Crippen molar-refractivity contribution in [1.82, 2.24) is 4.90 Å². The third-order valence-electron chi connectivity index (χ3n) is 7.91. The van der Waals surface area contributed by atoms with Crippen LogP contribution in [0.1, 0.15) is 68.7 Å². The van der Waals surface area contributed by atoms with Crippen molar-refractivity contribution in [2.75, 3.05) is 31.1 Å². The number of fused-ring (bicyclic) bond motifs is 1. The van der Waals surface area contributed by atoms with Gasteiger partial charge in [0.1, 0.15) is 17.6 Å². The summed E-state index contributed by atoms with van der Waals surface area (Å²) in [6.45, 7) is 10.7. The topological polar surface area (TPSA) is 65.8 Å². The van der Waals surface area contributed by atoms with Crippen LogP contribution in [0.4, 0.5) is 10.1 Å². The second-order valence-corrected chi connectivity index (χ2v) is 11.5. The minimum absolute atomic E-state index is 0.0240. The van der Waals surface area contributed by atoms with Gasteiger partial charge in [-0.05, 0) is 73.4 Å². The third kappa shape index (κ3) is 5.31. The van der Waals surface area contributed by atoms with E-state index in [2.05, 4.69) is 44.7 Å². The van der Waals surface area contributed by atoms with Crippen molar-refractivity contribution in [1.29, 1.82) is 5.26 Å². The first kappa shape index (κ1) is 25.5. The summed E-state index contributed by atoms with van der Waals surface area (Å²) in [4.78, 5) is 17.4. The fourth-order valence-corrected chi connectivity index (χ4v) is 5.72. The lowest BCUT2D eigenvalue weighted by Crippen LogP contribution is -2.58. The molecule has 0 bridgehead atoms. The monoisotopic (exact) mass is 505 g/mol. The Morgan fingerprint density at radius 1 is 1.24 bits per heavy atom. The Morgan fingerprint density at radius 3 is 2.70 bits per heavy atom. The van der Waals surface area contributed by atoms with E-state index < -0.39 is 5.82 Å². The van der Waals surface area contributed by atoms with Crippen molar-refractivity contribution in [3.63, 3.8) is 0 Å². The first-order valence-electron chi connectivity index (χ1n) is 13.3. The van der Waals surface area contributed by atoms with Crippen LogP contribution in [-0.4, -0.2) is 48.7 Å². The van der Waals surface area contributed by atoms with Gasteiger partial charge in [0.2, 0.25) is 0 Å². The van der Waals surface area contributed by atoms with E-state index in [-0.39, 0.29) is 30.1 Å². The number of carbonyl (C=O) groups excluding carboxylic acids is 1. The molecule has 2 aromatic carbocycles. The molecule has 37 heavy (non-hydrogen) atoms. The fourth-order valence-electron chi connectivity index (χ4n) is 5.72. The molecule has 1 saturated carbocycles.